The van der Waals surface area contributed by atoms with E-state index in [1.54, 1.807) is 25.7 Å². The number of nitrogens with zero attached hydrogens (tertiary/aromatic N) is 1. The molecule has 2 unspecified atom stereocenters. The van der Waals surface area contributed by atoms with E-state index in [1.165, 1.54) is 5.56 Å². The van der Waals surface area contributed by atoms with Gasteiger partial charge in [0.2, 0.25) is 11.8 Å². The molecule has 7 heteroatoms. The summed E-state index contributed by atoms with van der Waals surface area (Å²) in [6.07, 6.45) is 5.94. The van der Waals surface area contributed by atoms with Gasteiger partial charge in [-0.3, -0.25) is 9.59 Å². The first-order chi connectivity index (χ1) is 17.4. The maximum absolute atomic E-state index is 14.1. The zero-order valence-corrected chi connectivity index (χ0v) is 24.5. The number of carbonyl (C=O) groups is 3. The Morgan fingerprint density at radius 1 is 0.919 bits per heavy atom. The molecule has 0 radical (unpaired) electrons. The molecule has 2 N–H and O–H groups in total. The van der Waals surface area contributed by atoms with Crippen LogP contribution in [0.25, 0.3) is 0 Å². The molecule has 0 aliphatic heterocycles. The van der Waals surface area contributed by atoms with E-state index >= 15 is 0 Å². The Balaban J connectivity index is 3.40. The lowest BCUT2D eigenvalue weighted by molar-refractivity contribution is -0.143. The Labute approximate surface area is 225 Å². The number of unbranched alkanes of at least 4 members (excludes halogenated alkanes) is 4. The lowest BCUT2D eigenvalue weighted by Gasteiger charge is -2.35. The van der Waals surface area contributed by atoms with Gasteiger partial charge in [-0.2, -0.15) is 0 Å². The highest BCUT2D eigenvalue weighted by atomic mass is 16.6. The molecule has 0 aliphatic carbocycles. The van der Waals surface area contributed by atoms with Crippen molar-refractivity contribution in [1.29, 1.82) is 0 Å². The highest BCUT2D eigenvalue weighted by molar-refractivity contribution is 5.92. The molecule has 1 aromatic carbocycles. The monoisotopic (exact) mass is 517 g/mol. The molecule has 2 atom stereocenters. The molecule has 0 aromatic heterocycles. The number of carbonyl (C=O) groups excluding carboxylic acids is 3. The molecule has 210 valence electrons. The van der Waals surface area contributed by atoms with Crippen LogP contribution in [-0.2, 0) is 20.7 Å². The third-order valence-electron chi connectivity index (χ3n) is 6.23. The van der Waals surface area contributed by atoms with E-state index < -0.39 is 23.8 Å². The number of aryl methyl sites for hydroxylation is 1. The Kier molecular flexibility index (Phi) is 14.3. The van der Waals surface area contributed by atoms with Crippen LogP contribution in [0.15, 0.2) is 24.3 Å². The van der Waals surface area contributed by atoms with Gasteiger partial charge in [0.25, 0.3) is 0 Å². The molecule has 7 nitrogen and oxygen atoms in total. The van der Waals surface area contributed by atoms with Gasteiger partial charge in [-0.1, -0.05) is 84.6 Å². The van der Waals surface area contributed by atoms with E-state index in [1.807, 2.05) is 38.1 Å². The second-order valence-corrected chi connectivity index (χ2v) is 11.1. The Morgan fingerprint density at radius 2 is 1.51 bits per heavy atom. The first kappa shape index (κ1) is 32.5. The van der Waals surface area contributed by atoms with Crippen molar-refractivity contribution >= 4 is 17.9 Å². The van der Waals surface area contributed by atoms with E-state index in [-0.39, 0.29) is 17.7 Å². The van der Waals surface area contributed by atoms with Crippen LogP contribution >= 0.6 is 0 Å². The van der Waals surface area contributed by atoms with Gasteiger partial charge in [-0.25, -0.2) is 4.79 Å². The average molecular weight is 518 g/mol. The number of benzene rings is 1. The second kappa shape index (κ2) is 16.3. The Morgan fingerprint density at radius 3 is 2.03 bits per heavy atom. The SMILES string of the molecule is CCCCCNC(=O)C(c1ccc(CC)cc1)N(CCCCC)C(=O)C(NC(=O)OC(C)(C)C)C(C)C. The third kappa shape index (κ3) is 11.6. The number of hydrogen-bond donors (Lipinski definition) is 2. The molecule has 1 aromatic rings. The minimum atomic E-state index is -0.818. The fraction of sp³-hybridized carbons (Fsp3) is 0.700. The van der Waals surface area contributed by atoms with Crippen molar-refractivity contribution in [3.63, 3.8) is 0 Å². The predicted octanol–water partition coefficient (Wildman–Crippen LogP) is 6.16. The second-order valence-electron chi connectivity index (χ2n) is 11.1. The zero-order chi connectivity index (χ0) is 28.0. The van der Waals surface area contributed by atoms with Crippen molar-refractivity contribution in [3.05, 3.63) is 35.4 Å². The van der Waals surface area contributed by atoms with Gasteiger partial charge in [0.15, 0.2) is 0 Å². The smallest absolute Gasteiger partial charge is 0.408 e. The Bertz CT molecular complexity index is 830. The summed E-state index contributed by atoms with van der Waals surface area (Å²) in [5.41, 5.74) is 1.26. The van der Waals surface area contributed by atoms with E-state index in [4.69, 9.17) is 4.74 Å². The van der Waals surface area contributed by atoms with Gasteiger partial charge in [-0.05, 0) is 57.1 Å². The van der Waals surface area contributed by atoms with Crippen molar-refractivity contribution in [2.24, 2.45) is 5.92 Å². The van der Waals surface area contributed by atoms with E-state index in [0.717, 1.165) is 50.5 Å². The van der Waals surface area contributed by atoms with Crippen molar-refractivity contribution in [1.82, 2.24) is 15.5 Å². The first-order valence-electron chi connectivity index (χ1n) is 14.1. The fourth-order valence-corrected chi connectivity index (χ4v) is 4.12. The lowest BCUT2D eigenvalue weighted by Crippen LogP contribution is -2.55. The van der Waals surface area contributed by atoms with E-state index in [2.05, 4.69) is 31.4 Å². The van der Waals surface area contributed by atoms with Crippen molar-refractivity contribution in [2.45, 2.75) is 118 Å². The van der Waals surface area contributed by atoms with Crippen LogP contribution in [0.3, 0.4) is 0 Å². The molecule has 37 heavy (non-hydrogen) atoms. The first-order valence-corrected chi connectivity index (χ1v) is 14.1. The number of alkyl carbamates (subject to hydrolysis) is 1. The van der Waals surface area contributed by atoms with Crippen LogP contribution in [0, 0.1) is 5.92 Å². The third-order valence-corrected chi connectivity index (χ3v) is 6.23. The molecule has 0 spiro atoms. The molecule has 0 fully saturated rings. The van der Waals surface area contributed by atoms with Gasteiger partial charge < -0.3 is 20.3 Å². The minimum absolute atomic E-state index is 0.190. The highest BCUT2D eigenvalue weighted by Crippen LogP contribution is 2.25. The number of hydrogen-bond acceptors (Lipinski definition) is 4. The molecular formula is C30H51N3O4. The lowest BCUT2D eigenvalue weighted by atomic mass is 9.97. The van der Waals surface area contributed by atoms with Crippen LogP contribution in [0.5, 0.6) is 0 Å². The molecular weight excluding hydrogens is 466 g/mol. The van der Waals surface area contributed by atoms with Gasteiger partial charge >= 0.3 is 6.09 Å². The van der Waals surface area contributed by atoms with Crippen molar-refractivity contribution in [3.8, 4) is 0 Å². The molecule has 0 saturated carbocycles. The number of ether oxygens (including phenoxy) is 1. The number of rotatable bonds is 15. The summed E-state index contributed by atoms with van der Waals surface area (Å²) in [6, 6.07) is 6.32. The molecule has 3 amide bonds. The summed E-state index contributed by atoms with van der Waals surface area (Å²) >= 11 is 0. The summed E-state index contributed by atoms with van der Waals surface area (Å²) in [4.78, 5) is 42.0. The summed E-state index contributed by atoms with van der Waals surface area (Å²) in [6.45, 7) is 16.4. The zero-order valence-electron chi connectivity index (χ0n) is 24.5. The van der Waals surface area contributed by atoms with Gasteiger partial charge in [-0.15, -0.1) is 0 Å². The van der Waals surface area contributed by atoms with Crippen LogP contribution < -0.4 is 10.6 Å². The van der Waals surface area contributed by atoms with E-state index in [9.17, 15) is 14.4 Å². The molecule has 0 saturated heterocycles. The molecule has 1 rings (SSSR count). The van der Waals surface area contributed by atoms with Crippen molar-refractivity contribution in [2.75, 3.05) is 13.1 Å². The quantitative estimate of drug-likeness (QED) is 0.273. The summed E-state index contributed by atoms with van der Waals surface area (Å²) in [7, 11) is 0. The Hall–Kier alpha value is -2.57. The van der Waals surface area contributed by atoms with Crippen LogP contribution in [0.1, 0.15) is 111 Å². The number of amides is 3. The highest BCUT2D eigenvalue weighted by Gasteiger charge is 2.37. The standard InChI is InChI=1S/C30H51N3O4/c1-9-12-14-20-31-27(34)26(24-18-16-23(11-3)17-19-24)33(21-15-13-10-2)28(35)25(22(4)5)32-29(36)37-30(6,7)8/h16-19,22,25-26H,9-15,20-21H2,1-8H3,(H,31,34)(H,32,36). The maximum atomic E-state index is 14.1. The van der Waals surface area contributed by atoms with Crippen LogP contribution in [-0.4, -0.2) is 47.5 Å². The van der Waals surface area contributed by atoms with Crippen LogP contribution in [0.2, 0.25) is 0 Å². The summed E-state index contributed by atoms with van der Waals surface area (Å²) < 4.78 is 5.44. The van der Waals surface area contributed by atoms with Gasteiger partial charge in [0, 0.05) is 13.1 Å². The normalized spacial score (nSPS) is 13.1. The topological polar surface area (TPSA) is 87.7 Å². The minimum Gasteiger partial charge on any atom is -0.444 e. The molecule has 0 aliphatic rings. The average Bonchev–Trinajstić information content (AvgIpc) is 2.83. The number of nitrogens with one attached hydrogen (secondary N) is 2. The van der Waals surface area contributed by atoms with Crippen LogP contribution in [0.4, 0.5) is 4.79 Å². The predicted molar refractivity (Wildman–Crippen MR) is 150 cm³/mol. The van der Waals surface area contributed by atoms with E-state index in [0.29, 0.717) is 13.1 Å². The fourth-order valence-electron chi connectivity index (χ4n) is 4.12. The summed E-state index contributed by atoms with van der Waals surface area (Å²) in [5, 5.41) is 5.85. The van der Waals surface area contributed by atoms with Gasteiger partial charge in [0.1, 0.15) is 17.7 Å². The molecule has 0 bridgehead atoms. The maximum Gasteiger partial charge on any atom is 0.408 e. The van der Waals surface area contributed by atoms with Gasteiger partial charge in [0.05, 0.1) is 0 Å². The largest absolute Gasteiger partial charge is 0.444 e. The van der Waals surface area contributed by atoms with Crippen molar-refractivity contribution < 1.29 is 19.1 Å². The molecule has 0 heterocycles. The summed E-state index contributed by atoms with van der Waals surface area (Å²) in [5.74, 6) is -0.653.